The van der Waals surface area contributed by atoms with Gasteiger partial charge in [0.15, 0.2) is 5.82 Å². The zero-order valence-corrected chi connectivity index (χ0v) is 12.7. The third-order valence-corrected chi connectivity index (χ3v) is 3.81. The van der Waals surface area contributed by atoms with E-state index in [4.69, 9.17) is 0 Å². The third-order valence-electron chi connectivity index (χ3n) is 3.81. The lowest BCUT2D eigenvalue weighted by Gasteiger charge is -2.25. The summed E-state index contributed by atoms with van der Waals surface area (Å²) in [5, 5.41) is 15.0. The van der Waals surface area contributed by atoms with E-state index in [1.165, 1.54) is 5.56 Å². The molecule has 1 aromatic heterocycles. The van der Waals surface area contributed by atoms with E-state index >= 15 is 0 Å². The van der Waals surface area contributed by atoms with Gasteiger partial charge in [-0.2, -0.15) is 5.10 Å². The third kappa shape index (κ3) is 3.07. The van der Waals surface area contributed by atoms with Crippen molar-refractivity contribution in [3.63, 3.8) is 0 Å². The fraction of sp³-hybridized carbons (Fsp3) is 0.500. The highest BCUT2D eigenvalue weighted by atomic mass is 16.3. The molecule has 0 bridgehead atoms. The Labute approximate surface area is 120 Å². The summed E-state index contributed by atoms with van der Waals surface area (Å²) in [6.45, 7) is 8.42. The van der Waals surface area contributed by atoms with Gasteiger partial charge in [-0.1, -0.05) is 37.6 Å². The Morgan fingerprint density at radius 2 is 1.90 bits per heavy atom. The molecule has 0 saturated carbocycles. The quantitative estimate of drug-likeness (QED) is 0.910. The Morgan fingerprint density at radius 1 is 1.20 bits per heavy atom. The molecule has 0 amide bonds. The molecule has 4 nitrogen and oxygen atoms in total. The van der Waals surface area contributed by atoms with E-state index in [0.717, 1.165) is 17.2 Å². The predicted octanol–water partition coefficient (Wildman–Crippen LogP) is 3.11. The van der Waals surface area contributed by atoms with Crippen LogP contribution in [0.2, 0.25) is 0 Å². The van der Waals surface area contributed by atoms with Crippen molar-refractivity contribution in [2.45, 2.75) is 52.7 Å². The van der Waals surface area contributed by atoms with Gasteiger partial charge >= 0.3 is 0 Å². The molecule has 20 heavy (non-hydrogen) atoms. The first-order valence-electron chi connectivity index (χ1n) is 7.18. The lowest BCUT2D eigenvalue weighted by Crippen LogP contribution is -2.33. The highest BCUT2D eigenvalue weighted by Gasteiger charge is 2.25. The van der Waals surface area contributed by atoms with Crippen LogP contribution in [0.5, 0.6) is 0 Å². The Bertz CT molecular complexity index is 585. The summed E-state index contributed by atoms with van der Waals surface area (Å²) in [4.78, 5) is 4.52. The van der Waals surface area contributed by atoms with E-state index in [2.05, 4.69) is 29.1 Å². The molecule has 0 atom stereocenters. The molecule has 0 spiro atoms. The zero-order valence-electron chi connectivity index (χ0n) is 12.7. The van der Waals surface area contributed by atoms with E-state index in [0.29, 0.717) is 19.4 Å². The largest absolute Gasteiger partial charge is 0.388 e. The Kier molecular flexibility index (Phi) is 4.23. The lowest BCUT2D eigenvalue weighted by atomic mass is 9.97. The second-order valence-corrected chi connectivity index (χ2v) is 5.44. The van der Waals surface area contributed by atoms with Crippen molar-refractivity contribution in [3.8, 4) is 11.4 Å². The SMILES string of the molecule is CCC(O)(CC)Cn1nc(C)nc1-c1cccc(C)c1. The van der Waals surface area contributed by atoms with Gasteiger partial charge in [-0.15, -0.1) is 0 Å². The van der Waals surface area contributed by atoms with E-state index in [-0.39, 0.29) is 0 Å². The van der Waals surface area contributed by atoms with Crippen molar-refractivity contribution in [1.82, 2.24) is 14.8 Å². The first-order chi connectivity index (χ1) is 9.47. The number of nitrogens with zero attached hydrogens (tertiary/aromatic N) is 3. The molecule has 0 fully saturated rings. The molecule has 0 aliphatic heterocycles. The average molecular weight is 273 g/mol. The van der Waals surface area contributed by atoms with Gasteiger partial charge in [0.25, 0.3) is 0 Å². The van der Waals surface area contributed by atoms with Crippen molar-refractivity contribution in [2.75, 3.05) is 0 Å². The maximum Gasteiger partial charge on any atom is 0.158 e. The second-order valence-electron chi connectivity index (χ2n) is 5.44. The lowest BCUT2D eigenvalue weighted by molar-refractivity contribution is 0.0122. The number of hydrogen-bond acceptors (Lipinski definition) is 3. The number of aryl methyl sites for hydroxylation is 2. The van der Waals surface area contributed by atoms with Gasteiger partial charge in [0, 0.05) is 5.56 Å². The molecule has 1 aromatic carbocycles. The molecule has 0 aliphatic carbocycles. The summed E-state index contributed by atoms with van der Waals surface area (Å²) < 4.78 is 1.83. The molecule has 4 heteroatoms. The molecule has 0 unspecified atom stereocenters. The minimum Gasteiger partial charge on any atom is -0.388 e. The topological polar surface area (TPSA) is 50.9 Å². The van der Waals surface area contributed by atoms with Crippen molar-refractivity contribution < 1.29 is 5.11 Å². The first-order valence-corrected chi connectivity index (χ1v) is 7.18. The van der Waals surface area contributed by atoms with Gasteiger partial charge in [0.05, 0.1) is 12.1 Å². The van der Waals surface area contributed by atoms with Crippen LogP contribution in [-0.2, 0) is 6.54 Å². The molecular weight excluding hydrogens is 250 g/mol. The normalized spacial score (nSPS) is 11.8. The Morgan fingerprint density at radius 3 is 2.50 bits per heavy atom. The van der Waals surface area contributed by atoms with Gasteiger partial charge in [-0.3, -0.25) is 0 Å². The molecule has 108 valence electrons. The number of aliphatic hydroxyl groups is 1. The molecule has 0 aliphatic rings. The molecule has 2 rings (SSSR count). The highest BCUT2D eigenvalue weighted by Crippen LogP contribution is 2.23. The number of hydrogen-bond donors (Lipinski definition) is 1. The number of aromatic nitrogens is 3. The predicted molar refractivity (Wildman–Crippen MR) is 80.5 cm³/mol. The van der Waals surface area contributed by atoms with Crippen molar-refractivity contribution >= 4 is 0 Å². The van der Waals surface area contributed by atoms with Crippen LogP contribution in [0.1, 0.15) is 38.1 Å². The van der Waals surface area contributed by atoms with Crippen LogP contribution >= 0.6 is 0 Å². The second kappa shape index (κ2) is 5.75. The molecule has 0 radical (unpaired) electrons. The van der Waals surface area contributed by atoms with E-state index < -0.39 is 5.60 Å². The van der Waals surface area contributed by atoms with Crippen LogP contribution in [0.3, 0.4) is 0 Å². The Balaban J connectivity index is 2.41. The van der Waals surface area contributed by atoms with Crippen molar-refractivity contribution in [2.24, 2.45) is 0 Å². The summed E-state index contributed by atoms with van der Waals surface area (Å²) in [7, 11) is 0. The standard InChI is InChI=1S/C16H23N3O/c1-5-16(20,6-2)11-19-15(17-13(4)18-19)14-9-7-8-12(3)10-14/h7-10,20H,5-6,11H2,1-4H3. The van der Waals surface area contributed by atoms with Crippen molar-refractivity contribution in [1.29, 1.82) is 0 Å². The smallest absolute Gasteiger partial charge is 0.158 e. The zero-order chi connectivity index (χ0) is 14.8. The van der Waals surface area contributed by atoms with E-state index in [1.54, 1.807) is 0 Å². The summed E-state index contributed by atoms with van der Waals surface area (Å²) in [5.74, 6) is 1.56. The average Bonchev–Trinajstić information content (AvgIpc) is 2.79. The number of rotatable bonds is 5. The van der Waals surface area contributed by atoms with Crippen molar-refractivity contribution in [3.05, 3.63) is 35.7 Å². The highest BCUT2D eigenvalue weighted by molar-refractivity contribution is 5.56. The monoisotopic (exact) mass is 273 g/mol. The van der Waals surface area contributed by atoms with Crippen LogP contribution < -0.4 is 0 Å². The maximum atomic E-state index is 10.5. The van der Waals surface area contributed by atoms with Gasteiger partial charge < -0.3 is 5.11 Å². The van der Waals surface area contributed by atoms with E-state index in [9.17, 15) is 5.11 Å². The minimum absolute atomic E-state index is 0.476. The first kappa shape index (κ1) is 14.7. The van der Waals surface area contributed by atoms with Gasteiger partial charge in [-0.05, 0) is 32.8 Å². The number of benzene rings is 1. The van der Waals surface area contributed by atoms with Gasteiger partial charge in [-0.25, -0.2) is 9.67 Å². The molecule has 1 heterocycles. The van der Waals surface area contributed by atoms with Crippen LogP contribution in [0.4, 0.5) is 0 Å². The van der Waals surface area contributed by atoms with Gasteiger partial charge in [0.1, 0.15) is 5.82 Å². The van der Waals surface area contributed by atoms with Gasteiger partial charge in [0.2, 0.25) is 0 Å². The molecule has 0 saturated heterocycles. The van der Waals surface area contributed by atoms with E-state index in [1.807, 2.05) is 37.6 Å². The fourth-order valence-electron chi connectivity index (χ4n) is 2.32. The summed E-state index contributed by atoms with van der Waals surface area (Å²) in [5.41, 5.74) is 1.51. The summed E-state index contributed by atoms with van der Waals surface area (Å²) in [6.07, 6.45) is 1.41. The van der Waals surface area contributed by atoms with Crippen LogP contribution in [-0.4, -0.2) is 25.5 Å². The fourth-order valence-corrected chi connectivity index (χ4v) is 2.32. The summed E-state index contributed by atoms with van der Waals surface area (Å²) in [6, 6.07) is 8.21. The van der Waals surface area contributed by atoms with Crippen LogP contribution in [0.15, 0.2) is 24.3 Å². The Hall–Kier alpha value is -1.68. The molecule has 1 N–H and O–H groups in total. The maximum absolute atomic E-state index is 10.5. The van der Waals surface area contributed by atoms with Crippen LogP contribution in [0, 0.1) is 13.8 Å². The molecule has 2 aromatic rings. The van der Waals surface area contributed by atoms with Crippen LogP contribution in [0.25, 0.3) is 11.4 Å². The molecular formula is C16H23N3O. The summed E-state index contributed by atoms with van der Waals surface area (Å²) >= 11 is 0. The minimum atomic E-state index is -0.723.